The normalized spacial score (nSPS) is 29.6. The quantitative estimate of drug-likeness (QED) is 0.636. The van der Waals surface area contributed by atoms with Crippen LogP contribution in [0.5, 0.6) is 0 Å². The van der Waals surface area contributed by atoms with Crippen LogP contribution in [0.3, 0.4) is 0 Å². The Hall–Kier alpha value is -2.39. The summed E-state index contributed by atoms with van der Waals surface area (Å²) >= 11 is 0. The number of halogens is 4. The Kier molecular flexibility index (Phi) is 4.23. The van der Waals surface area contributed by atoms with E-state index in [1.54, 1.807) is 0 Å². The molecular formula is C17H19F4N5O. The molecule has 5 rings (SSSR count). The van der Waals surface area contributed by atoms with Gasteiger partial charge < -0.3 is 15.1 Å². The lowest BCUT2D eigenvalue weighted by atomic mass is 9.44. The molecule has 1 amide bonds. The summed E-state index contributed by atoms with van der Waals surface area (Å²) in [6.45, 7) is 4.49. The van der Waals surface area contributed by atoms with Crippen molar-refractivity contribution in [3.8, 4) is 0 Å². The highest BCUT2D eigenvalue weighted by Gasteiger charge is 2.70. The van der Waals surface area contributed by atoms with Crippen molar-refractivity contribution in [1.82, 2.24) is 14.9 Å². The van der Waals surface area contributed by atoms with Gasteiger partial charge >= 0.3 is 6.18 Å². The van der Waals surface area contributed by atoms with Crippen molar-refractivity contribution in [2.24, 2.45) is 17.8 Å². The first-order chi connectivity index (χ1) is 12.8. The molecule has 0 spiro atoms. The Bertz CT molecular complexity index is 752. The van der Waals surface area contributed by atoms with Crippen LogP contribution in [-0.2, 0) is 4.79 Å². The molecule has 2 atom stereocenters. The van der Waals surface area contributed by atoms with E-state index in [1.807, 2.05) is 4.90 Å². The van der Waals surface area contributed by atoms with Gasteiger partial charge in [-0.15, -0.1) is 0 Å². The van der Waals surface area contributed by atoms with E-state index in [-0.39, 0.29) is 6.04 Å². The lowest BCUT2D eigenvalue weighted by Gasteiger charge is -2.64. The van der Waals surface area contributed by atoms with E-state index in [4.69, 9.17) is 0 Å². The number of hydrogen-bond donors (Lipinski definition) is 1. The monoisotopic (exact) mass is 385 g/mol. The molecule has 4 aliphatic rings. The van der Waals surface area contributed by atoms with E-state index in [9.17, 15) is 22.4 Å². The first-order valence-corrected chi connectivity index (χ1v) is 8.80. The molecule has 4 fully saturated rings. The minimum Gasteiger partial charge on any atom is -0.364 e. The number of carbonyl (C=O) groups is 1. The topological polar surface area (TPSA) is 61.4 Å². The maximum absolute atomic E-state index is 13.0. The van der Waals surface area contributed by atoms with Crippen molar-refractivity contribution < 1.29 is 22.4 Å². The summed E-state index contributed by atoms with van der Waals surface area (Å²) in [5.41, 5.74) is 0. The number of alkyl halides is 3. The van der Waals surface area contributed by atoms with Gasteiger partial charge in [-0.3, -0.25) is 4.79 Å². The molecule has 2 heterocycles. The number of aromatic nitrogens is 2. The second-order valence-electron chi connectivity index (χ2n) is 7.21. The highest BCUT2D eigenvalue weighted by molar-refractivity contribution is 5.90. The minimum atomic E-state index is -4.14. The Balaban J connectivity index is 1.40. The summed E-state index contributed by atoms with van der Waals surface area (Å²) in [6.07, 6.45) is -0.544. The van der Waals surface area contributed by atoms with Gasteiger partial charge in [0.05, 0.1) is 5.92 Å². The van der Waals surface area contributed by atoms with Crippen LogP contribution in [-0.4, -0.2) is 59.2 Å². The van der Waals surface area contributed by atoms with Crippen LogP contribution in [0.25, 0.3) is 0 Å². The second-order valence-corrected chi connectivity index (χ2v) is 7.21. The van der Waals surface area contributed by atoms with Crippen LogP contribution in [0.2, 0.25) is 0 Å². The van der Waals surface area contributed by atoms with Gasteiger partial charge in [-0.1, -0.05) is 6.58 Å². The molecule has 27 heavy (non-hydrogen) atoms. The second kappa shape index (κ2) is 6.35. The van der Waals surface area contributed by atoms with E-state index in [1.165, 1.54) is 17.3 Å². The number of nitrogens with one attached hydrogen (secondary N) is 1. The molecule has 146 valence electrons. The van der Waals surface area contributed by atoms with Gasteiger partial charge in [0.2, 0.25) is 0 Å². The average Bonchev–Trinajstić information content (AvgIpc) is 2.56. The van der Waals surface area contributed by atoms with E-state index in [0.717, 1.165) is 0 Å². The third-order valence-corrected chi connectivity index (χ3v) is 5.85. The highest BCUT2D eigenvalue weighted by Crippen LogP contribution is 2.64. The van der Waals surface area contributed by atoms with Crippen LogP contribution in [0.1, 0.15) is 6.42 Å². The molecule has 1 N–H and O–H groups in total. The van der Waals surface area contributed by atoms with Crippen molar-refractivity contribution in [3.05, 3.63) is 24.8 Å². The van der Waals surface area contributed by atoms with Crippen LogP contribution in [0.4, 0.5) is 29.2 Å². The summed E-state index contributed by atoms with van der Waals surface area (Å²) in [4.78, 5) is 23.5. The Morgan fingerprint density at radius 2 is 1.78 bits per heavy atom. The number of carbonyl (C=O) groups excluding carboxylic acids is 1. The predicted octanol–water partition coefficient (Wildman–Crippen LogP) is 2.22. The molecule has 2 unspecified atom stereocenters. The van der Waals surface area contributed by atoms with Crippen LogP contribution in [0.15, 0.2) is 24.8 Å². The molecule has 1 aromatic heterocycles. The molecule has 6 nitrogen and oxygen atoms in total. The maximum atomic E-state index is 13.0. The number of anilines is 2. The molecule has 1 saturated heterocycles. The summed E-state index contributed by atoms with van der Waals surface area (Å²) in [7, 11) is 0. The van der Waals surface area contributed by atoms with Crippen molar-refractivity contribution >= 4 is 17.5 Å². The van der Waals surface area contributed by atoms with E-state index in [0.29, 0.717) is 44.2 Å². The van der Waals surface area contributed by atoms with Crippen LogP contribution in [0, 0.1) is 17.8 Å². The van der Waals surface area contributed by atoms with Crippen LogP contribution >= 0.6 is 0 Å². The van der Waals surface area contributed by atoms with Crippen molar-refractivity contribution in [2.75, 3.05) is 36.4 Å². The molecule has 0 radical (unpaired) electrons. The number of piperazine rings is 1. The molecule has 1 aliphatic heterocycles. The summed E-state index contributed by atoms with van der Waals surface area (Å²) in [6, 6.07) is -0.232. The number of amides is 1. The molecule has 1 aromatic rings. The van der Waals surface area contributed by atoms with E-state index >= 15 is 0 Å². The lowest BCUT2D eigenvalue weighted by Crippen LogP contribution is -2.70. The Labute approximate surface area is 153 Å². The largest absolute Gasteiger partial charge is 0.392 e. The predicted molar refractivity (Wildman–Crippen MR) is 89.6 cm³/mol. The third-order valence-electron chi connectivity index (χ3n) is 5.85. The lowest BCUT2D eigenvalue weighted by molar-refractivity contribution is -0.289. The molecular weight excluding hydrogens is 366 g/mol. The summed E-state index contributed by atoms with van der Waals surface area (Å²) in [5.74, 6) is -2.75. The van der Waals surface area contributed by atoms with Crippen LogP contribution < -0.4 is 10.2 Å². The number of nitrogens with zero attached hydrogens (tertiary/aromatic N) is 4. The third kappa shape index (κ3) is 3.00. The Morgan fingerprint density at radius 1 is 1.15 bits per heavy atom. The standard InChI is InChI=1S/C17H19F4N5O/c1-9(18)16(27)26-6-4-25(5-7-26)15-14(22-2-3-23-15)24-13-10-8-11(13)12(10)17(19,20)21/h2-3,10-13H,1,4-8H2,(H,22,24). The Morgan fingerprint density at radius 3 is 2.33 bits per heavy atom. The van der Waals surface area contributed by atoms with Gasteiger partial charge in [-0.2, -0.15) is 13.2 Å². The zero-order chi connectivity index (χ0) is 19.3. The minimum absolute atomic E-state index is 0.232. The fourth-order valence-corrected chi connectivity index (χ4v) is 4.26. The molecule has 10 heteroatoms. The van der Waals surface area contributed by atoms with E-state index in [2.05, 4.69) is 21.9 Å². The number of rotatable bonds is 4. The van der Waals surface area contributed by atoms with Gasteiger partial charge in [-0.05, 0) is 18.3 Å². The molecule has 3 saturated carbocycles. The van der Waals surface area contributed by atoms with Gasteiger partial charge in [0, 0.05) is 44.6 Å². The fraction of sp³-hybridized carbons (Fsp3) is 0.588. The first kappa shape index (κ1) is 18.0. The average molecular weight is 385 g/mol. The highest BCUT2D eigenvalue weighted by atomic mass is 19.4. The molecule has 2 bridgehead atoms. The summed E-state index contributed by atoms with van der Waals surface area (Å²) < 4.78 is 51.7. The van der Waals surface area contributed by atoms with Gasteiger partial charge in [0.1, 0.15) is 0 Å². The van der Waals surface area contributed by atoms with Crippen molar-refractivity contribution in [3.63, 3.8) is 0 Å². The molecule has 3 aliphatic carbocycles. The van der Waals surface area contributed by atoms with Gasteiger partial charge in [0.15, 0.2) is 17.5 Å². The van der Waals surface area contributed by atoms with Crippen molar-refractivity contribution in [1.29, 1.82) is 0 Å². The smallest absolute Gasteiger partial charge is 0.364 e. The SMILES string of the molecule is C=C(F)C(=O)N1CCN(c2nccnc2NC2C3CC2C3C(F)(F)F)CC1. The maximum Gasteiger partial charge on any atom is 0.392 e. The number of hydrogen-bond acceptors (Lipinski definition) is 5. The summed E-state index contributed by atoms with van der Waals surface area (Å²) in [5, 5.41) is 3.13. The first-order valence-electron chi connectivity index (χ1n) is 8.80. The zero-order valence-corrected chi connectivity index (χ0v) is 14.4. The molecule has 0 aromatic carbocycles. The van der Waals surface area contributed by atoms with Crippen molar-refractivity contribution in [2.45, 2.75) is 18.6 Å². The fourth-order valence-electron chi connectivity index (χ4n) is 4.26. The van der Waals surface area contributed by atoms with Gasteiger partial charge in [-0.25, -0.2) is 14.4 Å². The zero-order valence-electron chi connectivity index (χ0n) is 14.4. The van der Waals surface area contributed by atoms with E-state index < -0.39 is 35.7 Å². The van der Waals surface area contributed by atoms with Gasteiger partial charge in [0.25, 0.3) is 5.91 Å².